The summed E-state index contributed by atoms with van der Waals surface area (Å²) in [6.07, 6.45) is 2.86. The summed E-state index contributed by atoms with van der Waals surface area (Å²) in [5.74, 6) is -0.495. The minimum absolute atomic E-state index is 0.136. The number of methoxy groups -OCH3 is 1. The van der Waals surface area contributed by atoms with Crippen LogP contribution in [0.15, 0.2) is 35.2 Å². The van der Waals surface area contributed by atoms with Gasteiger partial charge in [0.2, 0.25) is 0 Å². The Balaban J connectivity index is 2.18. The third-order valence-corrected chi connectivity index (χ3v) is 2.32. The minimum atomic E-state index is -0.602. The molecule has 0 saturated heterocycles. The van der Waals surface area contributed by atoms with Gasteiger partial charge in [-0.15, -0.1) is 0 Å². The average Bonchev–Trinajstić information content (AvgIpc) is 2.89. The molecule has 0 radical (unpaired) electrons. The highest BCUT2D eigenvalue weighted by Gasteiger charge is 2.13. The predicted molar refractivity (Wildman–Crippen MR) is 61.6 cm³/mol. The van der Waals surface area contributed by atoms with E-state index < -0.39 is 11.8 Å². The van der Waals surface area contributed by atoms with Crippen molar-refractivity contribution in [1.82, 2.24) is 4.98 Å². The summed E-state index contributed by atoms with van der Waals surface area (Å²) in [5, 5.41) is 2.96. The van der Waals surface area contributed by atoms with Crippen molar-refractivity contribution in [3.05, 3.63) is 47.9 Å². The molecule has 0 fully saturated rings. The van der Waals surface area contributed by atoms with Crippen LogP contribution in [0.4, 0.5) is 10.1 Å². The number of halogens is 1. The highest BCUT2D eigenvalue weighted by molar-refractivity contribution is 5.95. The Morgan fingerprint density at radius 3 is 3.06 bits per heavy atom. The Bertz CT molecular complexity index is 540. The van der Waals surface area contributed by atoms with Gasteiger partial charge >= 0.3 is 5.97 Å². The molecular weight excluding hydrogens is 239 g/mol. The van der Waals surface area contributed by atoms with Crippen LogP contribution in [0.3, 0.4) is 0 Å². The second-order valence-corrected chi connectivity index (χ2v) is 3.50. The van der Waals surface area contributed by atoms with Crippen molar-refractivity contribution < 1.29 is 18.3 Å². The van der Waals surface area contributed by atoms with Crippen LogP contribution in [0.25, 0.3) is 0 Å². The molecule has 0 bridgehead atoms. The van der Waals surface area contributed by atoms with Gasteiger partial charge in [-0.25, -0.2) is 14.2 Å². The van der Waals surface area contributed by atoms with Gasteiger partial charge in [-0.05, 0) is 18.2 Å². The van der Waals surface area contributed by atoms with E-state index in [9.17, 15) is 9.18 Å². The summed E-state index contributed by atoms with van der Waals surface area (Å²) in [7, 11) is 1.24. The standard InChI is InChI=1S/C12H11FN2O3/c1-17-12(16)10-4-8(13)2-3-11(10)15-6-9-5-14-7-18-9/h2-5,7,15H,6H2,1H3. The van der Waals surface area contributed by atoms with Crippen LogP contribution in [-0.2, 0) is 11.3 Å². The van der Waals surface area contributed by atoms with Gasteiger partial charge in [0.1, 0.15) is 11.6 Å². The monoisotopic (exact) mass is 250 g/mol. The maximum Gasteiger partial charge on any atom is 0.340 e. The molecule has 1 aromatic carbocycles. The molecule has 1 heterocycles. The lowest BCUT2D eigenvalue weighted by Crippen LogP contribution is -2.08. The number of rotatable bonds is 4. The van der Waals surface area contributed by atoms with E-state index in [0.29, 0.717) is 18.0 Å². The van der Waals surface area contributed by atoms with Gasteiger partial charge in [0, 0.05) is 5.69 Å². The molecule has 2 rings (SSSR count). The first-order valence-corrected chi connectivity index (χ1v) is 5.20. The van der Waals surface area contributed by atoms with E-state index in [-0.39, 0.29) is 5.56 Å². The lowest BCUT2D eigenvalue weighted by atomic mass is 10.1. The largest absolute Gasteiger partial charge is 0.465 e. The maximum atomic E-state index is 13.1. The van der Waals surface area contributed by atoms with Crippen molar-refractivity contribution in [1.29, 1.82) is 0 Å². The lowest BCUT2D eigenvalue weighted by molar-refractivity contribution is 0.0601. The first kappa shape index (κ1) is 12.1. The van der Waals surface area contributed by atoms with Gasteiger partial charge < -0.3 is 14.5 Å². The van der Waals surface area contributed by atoms with Crippen LogP contribution in [0.1, 0.15) is 16.1 Å². The molecular formula is C12H11FN2O3. The van der Waals surface area contributed by atoms with Gasteiger partial charge in [-0.3, -0.25) is 0 Å². The summed E-state index contributed by atoms with van der Waals surface area (Å²) < 4.78 is 22.7. The van der Waals surface area contributed by atoms with E-state index in [4.69, 9.17) is 4.42 Å². The Kier molecular flexibility index (Phi) is 3.57. The normalized spacial score (nSPS) is 10.1. The number of esters is 1. The highest BCUT2D eigenvalue weighted by atomic mass is 19.1. The van der Waals surface area contributed by atoms with Crippen molar-refractivity contribution in [2.45, 2.75) is 6.54 Å². The fourth-order valence-corrected chi connectivity index (χ4v) is 1.46. The van der Waals surface area contributed by atoms with Crippen molar-refractivity contribution in [3.8, 4) is 0 Å². The molecule has 0 aliphatic carbocycles. The third kappa shape index (κ3) is 2.65. The Labute approximate surface area is 103 Å². The number of hydrogen-bond donors (Lipinski definition) is 1. The molecule has 94 valence electrons. The zero-order valence-electron chi connectivity index (χ0n) is 9.64. The topological polar surface area (TPSA) is 64.4 Å². The highest BCUT2D eigenvalue weighted by Crippen LogP contribution is 2.18. The second-order valence-electron chi connectivity index (χ2n) is 3.50. The molecule has 1 aromatic heterocycles. The number of oxazole rings is 1. The molecule has 1 N–H and O–H groups in total. The molecule has 5 nitrogen and oxygen atoms in total. The first-order valence-electron chi connectivity index (χ1n) is 5.20. The molecule has 6 heteroatoms. The fraction of sp³-hybridized carbons (Fsp3) is 0.167. The number of carbonyl (C=O) groups excluding carboxylic acids is 1. The molecule has 0 aliphatic heterocycles. The molecule has 18 heavy (non-hydrogen) atoms. The Hall–Kier alpha value is -2.37. The second kappa shape index (κ2) is 5.31. The van der Waals surface area contributed by atoms with E-state index >= 15 is 0 Å². The molecule has 0 unspecified atom stereocenters. The van der Waals surface area contributed by atoms with Crippen molar-refractivity contribution in [3.63, 3.8) is 0 Å². The molecule has 0 amide bonds. The van der Waals surface area contributed by atoms with Crippen LogP contribution < -0.4 is 5.32 Å². The Morgan fingerprint density at radius 1 is 1.56 bits per heavy atom. The van der Waals surface area contributed by atoms with Crippen LogP contribution in [0, 0.1) is 5.82 Å². The van der Waals surface area contributed by atoms with E-state index in [2.05, 4.69) is 15.0 Å². The number of nitrogens with one attached hydrogen (secondary N) is 1. The first-order chi connectivity index (χ1) is 8.70. The van der Waals surface area contributed by atoms with Gasteiger partial charge in [0.25, 0.3) is 0 Å². The molecule has 0 aliphatic rings. The molecule has 2 aromatic rings. The van der Waals surface area contributed by atoms with Gasteiger partial charge in [0.15, 0.2) is 6.39 Å². The lowest BCUT2D eigenvalue weighted by Gasteiger charge is -2.09. The number of carbonyl (C=O) groups is 1. The number of nitrogens with zero attached hydrogens (tertiary/aromatic N) is 1. The number of anilines is 1. The Morgan fingerprint density at radius 2 is 2.39 bits per heavy atom. The summed E-state index contributed by atoms with van der Waals surface area (Å²) in [4.78, 5) is 15.2. The van der Waals surface area contributed by atoms with Crippen LogP contribution in [0.2, 0.25) is 0 Å². The molecule has 0 saturated carbocycles. The third-order valence-electron chi connectivity index (χ3n) is 2.32. The molecule has 0 spiro atoms. The predicted octanol–water partition coefficient (Wildman–Crippen LogP) is 2.21. The van der Waals surface area contributed by atoms with E-state index in [1.165, 1.54) is 25.6 Å². The average molecular weight is 250 g/mol. The SMILES string of the molecule is COC(=O)c1cc(F)ccc1NCc1cnco1. The number of benzene rings is 1. The minimum Gasteiger partial charge on any atom is -0.465 e. The van der Waals surface area contributed by atoms with Crippen LogP contribution >= 0.6 is 0 Å². The summed E-state index contributed by atoms with van der Waals surface area (Å²) in [6, 6.07) is 3.85. The van der Waals surface area contributed by atoms with Crippen LogP contribution in [0.5, 0.6) is 0 Å². The quantitative estimate of drug-likeness (QED) is 0.843. The zero-order chi connectivity index (χ0) is 13.0. The molecule has 0 atom stereocenters. The van der Waals surface area contributed by atoms with E-state index in [1.54, 1.807) is 6.20 Å². The van der Waals surface area contributed by atoms with Crippen molar-refractivity contribution in [2.24, 2.45) is 0 Å². The summed E-state index contributed by atoms with van der Waals surface area (Å²) in [6.45, 7) is 0.343. The number of aromatic nitrogens is 1. The van der Waals surface area contributed by atoms with Crippen molar-refractivity contribution >= 4 is 11.7 Å². The summed E-state index contributed by atoms with van der Waals surface area (Å²) >= 11 is 0. The zero-order valence-corrected chi connectivity index (χ0v) is 9.64. The van der Waals surface area contributed by atoms with Gasteiger partial charge in [-0.2, -0.15) is 0 Å². The van der Waals surface area contributed by atoms with Gasteiger partial charge in [0.05, 0.1) is 25.4 Å². The van der Waals surface area contributed by atoms with Crippen molar-refractivity contribution in [2.75, 3.05) is 12.4 Å². The van der Waals surface area contributed by atoms with E-state index in [0.717, 1.165) is 6.07 Å². The number of ether oxygens (including phenoxy) is 1. The number of hydrogen-bond acceptors (Lipinski definition) is 5. The van der Waals surface area contributed by atoms with E-state index in [1.807, 2.05) is 0 Å². The smallest absolute Gasteiger partial charge is 0.340 e. The fourth-order valence-electron chi connectivity index (χ4n) is 1.46. The maximum absolute atomic E-state index is 13.1. The van der Waals surface area contributed by atoms with Gasteiger partial charge in [-0.1, -0.05) is 0 Å². The summed E-state index contributed by atoms with van der Waals surface area (Å²) in [5.41, 5.74) is 0.608. The van der Waals surface area contributed by atoms with Crippen LogP contribution in [-0.4, -0.2) is 18.1 Å².